The number of hydrogen-bond donors (Lipinski definition) is 0. The topological polar surface area (TPSA) is 55.9 Å². The van der Waals surface area contributed by atoms with E-state index in [4.69, 9.17) is 9.47 Å². The molecule has 102 valence electrons. The quantitative estimate of drug-likeness (QED) is 0.494. The lowest BCUT2D eigenvalue weighted by molar-refractivity contribution is -0.158. The summed E-state index contributed by atoms with van der Waals surface area (Å²) in [6.07, 6.45) is 6.06. The summed E-state index contributed by atoms with van der Waals surface area (Å²) in [6, 6.07) is 0. The zero-order valence-electron chi connectivity index (χ0n) is 11.4. The number of allylic oxidation sites excluding steroid dienone is 3. The fourth-order valence-electron chi connectivity index (χ4n) is 2.91. The van der Waals surface area contributed by atoms with E-state index in [1.165, 1.54) is 0 Å². The Labute approximate surface area is 112 Å². The first-order valence-electron chi connectivity index (χ1n) is 6.66. The lowest BCUT2D eigenvalue weighted by Crippen LogP contribution is -2.33. The highest BCUT2D eigenvalue weighted by Gasteiger charge is 2.74. The normalized spacial score (nSPS) is 44.5. The predicted octanol–water partition coefficient (Wildman–Crippen LogP) is 1.94. The minimum atomic E-state index is -0.750. The fraction of sp³-hybridized carbons (Fsp3) is 0.600. The Kier molecular flexibility index (Phi) is 2.52. The lowest BCUT2D eigenvalue weighted by atomic mass is 9.82. The van der Waals surface area contributed by atoms with Gasteiger partial charge in [0.2, 0.25) is 0 Å². The van der Waals surface area contributed by atoms with Crippen molar-refractivity contribution in [3.05, 3.63) is 23.8 Å². The Morgan fingerprint density at radius 2 is 2.00 bits per heavy atom. The summed E-state index contributed by atoms with van der Waals surface area (Å²) in [5, 5.41) is 0. The first-order chi connectivity index (χ1) is 8.87. The molecule has 0 spiro atoms. The van der Waals surface area contributed by atoms with Gasteiger partial charge in [-0.3, -0.25) is 4.79 Å². The molecule has 0 N–H and O–H groups in total. The molecule has 0 unspecified atom stereocenters. The second-order valence-corrected chi connectivity index (χ2v) is 6.20. The van der Waals surface area contributed by atoms with Crippen LogP contribution in [0.4, 0.5) is 0 Å². The molecule has 1 aliphatic carbocycles. The zero-order chi connectivity index (χ0) is 13.8. The molecule has 0 saturated carbocycles. The summed E-state index contributed by atoms with van der Waals surface area (Å²) in [7, 11) is 0. The highest BCUT2D eigenvalue weighted by molar-refractivity contribution is 6.03. The van der Waals surface area contributed by atoms with Crippen molar-refractivity contribution in [2.24, 2.45) is 5.41 Å². The largest absolute Gasteiger partial charge is 0.456 e. The van der Waals surface area contributed by atoms with Crippen molar-refractivity contribution in [1.29, 1.82) is 0 Å². The van der Waals surface area contributed by atoms with E-state index >= 15 is 0 Å². The Bertz CT molecular complexity index is 514. The van der Waals surface area contributed by atoms with Gasteiger partial charge in [0.25, 0.3) is 0 Å². The minimum absolute atomic E-state index is 0.0178. The molecule has 19 heavy (non-hydrogen) atoms. The maximum atomic E-state index is 12.0. The van der Waals surface area contributed by atoms with Gasteiger partial charge in [0.1, 0.15) is 12.2 Å². The van der Waals surface area contributed by atoms with Crippen LogP contribution in [-0.2, 0) is 19.1 Å². The first kappa shape index (κ1) is 12.6. The number of hydrogen-bond acceptors (Lipinski definition) is 4. The van der Waals surface area contributed by atoms with Crippen LogP contribution in [0, 0.1) is 5.41 Å². The zero-order valence-corrected chi connectivity index (χ0v) is 11.4. The maximum absolute atomic E-state index is 12.0. The highest BCUT2D eigenvalue weighted by Crippen LogP contribution is 2.54. The molecule has 0 aromatic carbocycles. The number of rotatable bonds is 0. The second-order valence-electron chi connectivity index (χ2n) is 6.20. The standard InChI is InChI=1S/C15H18O4/c1-9-5-4-7-15-12(19-15)11(18-13(15)17)14(2,3)8-6-10(9)16/h5-6,8,11-12H,4,7H2,1-3H3/b8-6+,9-5-/t11-,12-,15-/m0/s1. The van der Waals surface area contributed by atoms with Gasteiger partial charge >= 0.3 is 5.97 Å². The van der Waals surface area contributed by atoms with Crippen LogP contribution in [0.5, 0.6) is 0 Å². The molecule has 2 aliphatic heterocycles. The Morgan fingerprint density at radius 1 is 1.26 bits per heavy atom. The van der Waals surface area contributed by atoms with E-state index in [1.54, 1.807) is 13.0 Å². The number of carbonyl (C=O) groups excluding carboxylic acids is 2. The van der Waals surface area contributed by atoms with E-state index in [0.29, 0.717) is 18.4 Å². The third-order valence-electron chi connectivity index (χ3n) is 4.35. The first-order valence-corrected chi connectivity index (χ1v) is 6.66. The van der Waals surface area contributed by atoms with E-state index < -0.39 is 11.0 Å². The van der Waals surface area contributed by atoms with Gasteiger partial charge in [-0.2, -0.15) is 0 Å². The molecule has 2 saturated heterocycles. The predicted molar refractivity (Wildman–Crippen MR) is 68.4 cm³/mol. The van der Waals surface area contributed by atoms with Crippen LogP contribution in [0.3, 0.4) is 0 Å². The van der Waals surface area contributed by atoms with Crippen molar-refractivity contribution < 1.29 is 19.1 Å². The van der Waals surface area contributed by atoms with Crippen molar-refractivity contribution in [2.75, 3.05) is 0 Å². The summed E-state index contributed by atoms with van der Waals surface area (Å²) in [5.74, 6) is -0.230. The van der Waals surface area contributed by atoms with E-state index in [-0.39, 0.29) is 24.0 Å². The summed E-state index contributed by atoms with van der Waals surface area (Å²) in [5.41, 5.74) is -0.439. The van der Waals surface area contributed by atoms with Gasteiger partial charge in [0.05, 0.1) is 0 Å². The number of ketones is 1. The van der Waals surface area contributed by atoms with Crippen LogP contribution in [0.1, 0.15) is 33.6 Å². The van der Waals surface area contributed by atoms with Gasteiger partial charge in [-0.15, -0.1) is 0 Å². The average Bonchev–Trinajstić information content (AvgIpc) is 3.00. The molecular formula is C15H18O4. The Morgan fingerprint density at radius 3 is 2.68 bits per heavy atom. The Hall–Kier alpha value is -1.42. The molecule has 3 rings (SSSR count). The third-order valence-corrected chi connectivity index (χ3v) is 4.35. The van der Waals surface area contributed by atoms with Crippen molar-refractivity contribution in [1.82, 2.24) is 0 Å². The van der Waals surface area contributed by atoms with Crippen LogP contribution >= 0.6 is 0 Å². The van der Waals surface area contributed by atoms with Crippen molar-refractivity contribution in [3.63, 3.8) is 0 Å². The van der Waals surface area contributed by atoms with Crippen LogP contribution in [0.25, 0.3) is 0 Å². The number of epoxide rings is 1. The molecule has 0 aromatic rings. The molecule has 2 bridgehead atoms. The molecule has 0 radical (unpaired) electrons. The van der Waals surface area contributed by atoms with E-state index in [1.807, 2.05) is 26.0 Å². The van der Waals surface area contributed by atoms with Crippen LogP contribution < -0.4 is 0 Å². The Balaban J connectivity index is 1.98. The smallest absolute Gasteiger partial charge is 0.341 e. The molecule has 3 aliphatic rings. The van der Waals surface area contributed by atoms with E-state index in [9.17, 15) is 9.59 Å². The lowest BCUT2D eigenvalue weighted by Gasteiger charge is -2.27. The van der Waals surface area contributed by atoms with Crippen LogP contribution in [-0.4, -0.2) is 29.6 Å². The highest BCUT2D eigenvalue weighted by atomic mass is 16.7. The second kappa shape index (κ2) is 3.79. The van der Waals surface area contributed by atoms with Gasteiger partial charge < -0.3 is 9.47 Å². The summed E-state index contributed by atoms with van der Waals surface area (Å²) < 4.78 is 11.1. The monoisotopic (exact) mass is 262 g/mol. The van der Waals surface area contributed by atoms with Crippen LogP contribution in [0.2, 0.25) is 0 Å². The van der Waals surface area contributed by atoms with Gasteiger partial charge in [-0.1, -0.05) is 26.0 Å². The minimum Gasteiger partial charge on any atom is -0.456 e. The van der Waals surface area contributed by atoms with Crippen LogP contribution in [0.15, 0.2) is 23.8 Å². The van der Waals surface area contributed by atoms with Gasteiger partial charge in [-0.05, 0) is 31.4 Å². The molecule has 2 heterocycles. The molecule has 3 atom stereocenters. The molecule has 4 heteroatoms. The average molecular weight is 262 g/mol. The van der Waals surface area contributed by atoms with E-state index in [0.717, 1.165) is 0 Å². The molecule has 0 aromatic heterocycles. The van der Waals surface area contributed by atoms with Gasteiger partial charge in [0, 0.05) is 5.41 Å². The fourth-order valence-corrected chi connectivity index (χ4v) is 2.91. The van der Waals surface area contributed by atoms with Gasteiger partial charge in [0.15, 0.2) is 11.4 Å². The summed E-state index contributed by atoms with van der Waals surface area (Å²) in [4.78, 5) is 23.9. The van der Waals surface area contributed by atoms with E-state index in [2.05, 4.69) is 0 Å². The summed E-state index contributed by atoms with van der Waals surface area (Å²) in [6.45, 7) is 5.73. The molecule has 0 amide bonds. The molecule has 4 nitrogen and oxygen atoms in total. The number of ether oxygens (including phenoxy) is 2. The maximum Gasteiger partial charge on any atom is 0.341 e. The van der Waals surface area contributed by atoms with Crippen molar-refractivity contribution >= 4 is 11.8 Å². The summed E-state index contributed by atoms with van der Waals surface area (Å²) >= 11 is 0. The van der Waals surface area contributed by atoms with Crippen molar-refractivity contribution in [2.45, 2.75) is 51.4 Å². The van der Waals surface area contributed by atoms with Gasteiger partial charge in [-0.25, -0.2) is 4.79 Å². The SMILES string of the molecule is C/C1=C/CC[C@]23O[C@H]2[C@H](OC3=O)C(C)(C)/C=C/C1=O. The number of esters is 1. The molecule has 2 fully saturated rings. The third kappa shape index (κ3) is 1.77. The van der Waals surface area contributed by atoms with Crippen molar-refractivity contribution in [3.8, 4) is 0 Å². The molecular weight excluding hydrogens is 244 g/mol. The number of carbonyl (C=O) groups is 2.